The van der Waals surface area contributed by atoms with Gasteiger partial charge >= 0.3 is 12.2 Å². The van der Waals surface area contributed by atoms with Crippen LogP contribution >= 0.6 is 38.5 Å². The number of nitrogens with one attached hydrogen (secondary N) is 1. The van der Waals surface area contributed by atoms with Crippen molar-refractivity contribution in [2.75, 3.05) is 0 Å². The predicted molar refractivity (Wildman–Crippen MR) is 104 cm³/mol. The van der Waals surface area contributed by atoms with Crippen LogP contribution in [0.1, 0.15) is 40.7 Å². The number of nitrogens with zero attached hydrogens (tertiary/aromatic N) is 3. The third kappa shape index (κ3) is 4.81. The number of alkyl carbamates (subject to hydrolysis) is 1. The molecule has 2 amide bonds. The first kappa shape index (κ1) is 19.9. The van der Waals surface area contributed by atoms with E-state index in [-0.39, 0.29) is 11.9 Å². The third-order valence-electron chi connectivity index (χ3n) is 2.88. The molecule has 2 heterocycles. The highest BCUT2D eigenvalue weighted by Crippen LogP contribution is 2.34. The normalized spacial score (nSPS) is 11.7. The molecule has 0 atom stereocenters. The molecule has 2 aromatic heterocycles. The van der Waals surface area contributed by atoms with E-state index in [0.29, 0.717) is 9.99 Å². The zero-order chi connectivity index (χ0) is 18.9. The van der Waals surface area contributed by atoms with Crippen molar-refractivity contribution in [2.24, 2.45) is 0 Å². The third-order valence-corrected chi connectivity index (χ3v) is 4.23. The molecule has 136 valence electrons. The van der Waals surface area contributed by atoms with Gasteiger partial charge in [0.1, 0.15) is 10.2 Å². The Morgan fingerprint density at radius 3 is 2.52 bits per heavy atom. The SMILES string of the molecule is CC(C)n1nc(Br)c2c(OC(=O)NC(=O)OC(C)(C)C)ncc(I)c21. The Morgan fingerprint density at radius 1 is 1.32 bits per heavy atom. The molecule has 1 N–H and O–H groups in total. The maximum absolute atomic E-state index is 12.0. The zero-order valence-corrected chi connectivity index (χ0v) is 18.1. The topological polar surface area (TPSA) is 95.3 Å². The van der Waals surface area contributed by atoms with Crippen LogP contribution in [-0.4, -0.2) is 32.6 Å². The van der Waals surface area contributed by atoms with Gasteiger partial charge in [0.05, 0.1) is 14.5 Å². The summed E-state index contributed by atoms with van der Waals surface area (Å²) in [6.45, 7) is 9.06. The van der Waals surface area contributed by atoms with Crippen molar-refractivity contribution in [1.29, 1.82) is 0 Å². The number of hydrogen-bond acceptors (Lipinski definition) is 6. The van der Waals surface area contributed by atoms with Gasteiger partial charge in [-0.05, 0) is 73.1 Å². The highest BCUT2D eigenvalue weighted by molar-refractivity contribution is 14.1. The highest BCUT2D eigenvalue weighted by Gasteiger charge is 2.23. The van der Waals surface area contributed by atoms with E-state index < -0.39 is 17.8 Å². The van der Waals surface area contributed by atoms with E-state index in [2.05, 4.69) is 48.6 Å². The summed E-state index contributed by atoms with van der Waals surface area (Å²) in [5, 5.41) is 6.97. The molecule has 8 nitrogen and oxygen atoms in total. The van der Waals surface area contributed by atoms with Gasteiger partial charge in [-0.1, -0.05) is 0 Å². The number of halogens is 2. The van der Waals surface area contributed by atoms with E-state index >= 15 is 0 Å². The standard InChI is InChI=1S/C15H18BrIN4O4/c1-7(2)21-10-8(17)6-18-12(9(10)11(16)20-21)24-13(22)19-14(23)25-15(3,4)5/h6-7H,1-5H3,(H,19,22,23). The van der Waals surface area contributed by atoms with Crippen LogP contribution in [0.15, 0.2) is 10.8 Å². The summed E-state index contributed by atoms with van der Waals surface area (Å²) >= 11 is 5.51. The maximum Gasteiger partial charge on any atom is 0.423 e. The lowest BCUT2D eigenvalue weighted by atomic mass is 10.2. The van der Waals surface area contributed by atoms with Crippen LogP contribution in [0, 0.1) is 3.57 Å². The van der Waals surface area contributed by atoms with Crippen molar-refractivity contribution >= 4 is 61.6 Å². The second kappa shape index (κ2) is 7.44. The summed E-state index contributed by atoms with van der Waals surface area (Å²) in [4.78, 5) is 27.8. The zero-order valence-electron chi connectivity index (χ0n) is 14.4. The number of rotatable bonds is 2. The Morgan fingerprint density at radius 2 is 1.96 bits per heavy atom. The van der Waals surface area contributed by atoms with Gasteiger partial charge < -0.3 is 9.47 Å². The molecule has 10 heteroatoms. The number of pyridine rings is 1. The first-order valence-electron chi connectivity index (χ1n) is 7.43. The second-order valence-corrected chi connectivity index (χ2v) is 8.39. The molecule has 0 bridgehead atoms. The largest absolute Gasteiger partial charge is 0.443 e. The van der Waals surface area contributed by atoms with Crippen molar-refractivity contribution in [3.8, 4) is 5.88 Å². The Kier molecular flexibility index (Phi) is 5.92. The van der Waals surface area contributed by atoms with Gasteiger partial charge in [-0.3, -0.25) is 4.68 Å². The summed E-state index contributed by atoms with van der Waals surface area (Å²) in [6.07, 6.45) is -0.295. The van der Waals surface area contributed by atoms with Crippen molar-refractivity contribution in [1.82, 2.24) is 20.1 Å². The molecule has 0 aliphatic carbocycles. The van der Waals surface area contributed by atoms with Crippen LogP contribution < -0.4 is 10.1 Å². The Labute approximate surface area is 166 Å². The van der Waals surface area contributed by atoms with Crippen molar-refractivity contribution in [2.45, 2.75) is 46.3 Å². The van der Waals surface area contributed by atoms with E-state index in [1.807, 2.05) is 23.8 Å². The van der Waals surface area contributed by atoms with Crippen LogP contribution in [0.2, 0.25) is 0 Å². The molecule has 0 unspecified atom stereocenters. The minimum atomic E-state index is -0.978. The van der Waals surface area contributed by atoms with Crippen LogP contribution in [-0.2, 0) is 4.74 Å². The smallest absolute Gasteiger partial charge is 0.423 e. The van der Waals surface area contributed by atoms with Crippen LogP contribution in [0.25, 0.3) is 10.9 Å². The molecule has 0 saturated heterocycles. The van der Waals surface area contributed by atoms with Crippen LogP contribution in [0.3, 0.4) is 0 Å². The average Bonchev–Trinajstić information content (AvgIpc) is 2.79. The van der Waals surface area contributed by atoms with E-state index in [1.54, 1.807) is 27.0 Å². The monoisotopic (exact) mass is 524 g/mol. The molecule has 25 heavy (non-hydrogen) atoms. The van der Waals surface area contributed by atoms with Gasteiger partial charge in [0, 0.05) is 12.2 Å². The molecule has 2 rings (SSSR count). The van der Waals surface area contributed by atoms with E-state index in [1.165, 1.54) is 0 Å². The number of imide groups is 1. The van der Waals surface area contributed by atoms with Crippen LogP contribution in [0.5, 0.6) is 5.88 Å². The average molecular weight is 525 g/mol. The fraction of sp³-hybridized carbons (Fsp3) is 0.467. The fourth-order valence-corrected chi connectivity index (χ4v) is 3.20. The highest BCUT2D eigenvalue weighted by atomic mass is 127. The molecule has 0 fully saturated rings. The van der Waals surface area contributed by atoms with Crippen molar-refractivity contribution in [3.63, 3.8) is 0 Å². The number of amides is 2. The quantitative estimate of drug-likeness (QED) is 0.585. The minimum Gasteiger partial charge on any atom is -0.443 e. The molecular formula is C15H18BrIN4O4. The van der Waals surface area contributed by atoms with Gasteiger partial charge in [-0.25, -0.2) is 19.9 Å². The summed E-state index contributed by atoms with van der Waals surface area (Å²) in [7, 11) is 0. The van der Waals surface area contributed by atoms with Gasteiger partial charge in [0.25, 0.3) is 0 Å². The second-order valence-electron chi connectivity index (χ2n) is 6.48. The summed E-state index contributed by atoms with van der Waals surface area (Å²) < 4.78 is 13.4. The minimum absolute atomic E-state index is 0.0512. The molecule has 2 aromatic rings. The van der Waals surface area contributed by atoms with Gasteiger partial charge in [-0.2, -0.15) is 5.10 Å². The van der Waals surface area contributed by atoms with E-state index in [4.69, 9.17) is 9.47 Å². The number of hydrogen-bond donors (Lipinski definition) is 1. The van der Waals surface area contributed by atoms with Gasteiger partial charge in [-0.15, -0.1) is 0 Å². The summed E-state index contributed by atoms with van der Waals surface area (Å²) in [5.74, 6) is 0.0512. The lowest BCUT2D eigenvalue weighted by Crippen LogP contribution is -2.38. The molecule has 0 aliphatic heterocycles. The number of aromatic nitrogens is 3. The lowest BCUT2D eigenvalue weighted by molar-refractivity contribution is 0.0533. The summed E-state index contributed by atoms with van der Waals surface area (Å²) in [5.41, 5.74) is 0.0673. The van der Waals surface area contributed by atoms with Crippen LogP contribution in [0.4, 0.5) is 9.59 Å². The molecule has 0 spiro atoms. The Hall–Kier alpha value is -1.43. The lowest BCUT2D eigenvalue weighted by Gasteiger charge is -2.19. The van der Waals surface area contributed by atoms with Crippen molar-refractivity contribution in [3.05, 3.63) is 14.4 Å². The Balaban J connectivity index is 2.29. The van der Waals surface area contributed by atoms with Gasteiger partial charge in [0.15, 0.2) is 0 Å². The molecule has 0 aliphatic rings. The van der Waals surface area contributed by atoms with Crippen molar-refractivity contribution < 1.29 is 19.1 Å². The maximum atomic E-state index is 12.0. The van der Waals surface area contributed by atoms with E-state index in [9.17, 15) is 9.59 Å². The molecule has 0 radical (unpaired) electrons. The summed E-state index contributed by atoms with van der Waals surface area (Å²) in [6, 6.07) is 0.105. The Bertz CT molecular complexity index is 829. The number of carbonyl (C=O) groups is 2. The van der Waals surface area contributed by atoms with E-state index in [0.717, 1.165) is 9.09 Å². The first-order chi connectivity index (χ1) is 11.5. The predicted octanol–water partition coefficient (Wildman–Crippen LogP) is 4.40. The first-order valence-corrected chi connectivity index (χ1v) is 9.31. The number of fused-ring (bicyclic) bond motifs is 1. The number of carbonyl (C=O) groups excluding carboxylic acids is 2. The number of ether oxygens (including phenoxy) is 2. The van der Waals surface area contributed by atoms with Gasteiger partial charge in [0.2, 0.25) is 5.88 Å². The molecule has 0 aromatic carbocycles. The molecular weight excluding hydrogens is 507 g/mol. The molecule has 0 saturated carbocycles. The fourth-order valence-electron chi connectivity index (χ4n) is 2.02.